The molecule has 0 aliphatic rings. The van der Waals surface area contributed by atoms with Crippen molar-refractivity contribution in [3.05, 3.63) is 0 Å². The van der Waals surface area contributed by atoms with E-state index in [4.69, 9.17) is 24.4 Å². The smallest absolute Gasteiger partial charge is 0.285 e. The zero-order valence-electron chi connectivity index (χ0n) is 19.0. The summed E-state index contributed by atoms with van der Waals surface area (Å²) >= 11 is 0. The highest BCUT2D eigenvalue weighted by Gasteiger charge is 2.39. The van der Waals surface area contributed by atoms with Crippen LogP contribution >= 0.6 is 0 Å². The molecule has 0 saturated heterocycles. The molecule has 0 radical (unpaired) electrons. The van der Waals surface area contributed by atoms with Gasteiger partial charge in [-0.2, -0.15) is 0 Å². The Morgan fingerprint density at radius 1 is 0.679 bits per heavy atom. The number of aliphatic hydroxyl groups is 2. The van der Waals surface area contributed by atoms with Crippen molar-refractivity contribution in [1.82, 2.24) is 4.90 Å². The van der Waals surface area contributed by atoms with Crippen LogP contribution in [0, 0.1) is 5.92 Å². The summed E-state index contributed by atoms with van der Waals surface area (Å²) in [6, 6.07) is 0. The van der Waals surface area contributed by atoms with Crippen LogP contribution in [0.15, 0.2) is 0 Å². The number of rotatable bonds is 21. The van der Waals surface area contributed by atoms with Crippen molar-refractivity contribution < 1.29 is 24.4 Å². The van der Waals surface area contributed by atoms with Gasteiger partial charge < -0.3 is 29.3 Å². The van der Waals surface area contributed by atoms with Gasteiger partial charge in [-0.15, -0.1) is 0 Å². The number of ether oxygens (including phenoxy) is 3. The second-order valence-electron chi connectivity index (χ2n) is 7.61. The summed E-state index contributed by atoms with van der Waals surface area (Å²) in [5, 5.41) is 18.2. The Bertz CT molecular complexity index is 310. The highest BCUT2D eigenvalue weighted by molar-refractivity contribution is 4.73. The van der Waals surface area contributed by atoms with E-state index < -0.39 is 5.97 Å². The zero-order chi connectivity index (χ0) is 21.1. The molecule has 170 valence electrons. The van der Waals surface area contributed by atoms with Crippen molar-refractivity contribution in [2.24, 2.45) is 5.92 Å². The van der Waals surface area contributed by atoms with E-state index in [-0.39, 0.29) is 19.1 Å². The van der Waals surface area contributed by atoms with Crippen LogP contribution in [0.2, 0.25) is 0 Å². The second kappa shape index (κ2) is 18.8. The van der Waals surface area contributed by atoms with Crippen molar-refractivity contribution >= 4 is 0 Å². The molecular formula is C22H47NO5. The van der Waals surface area contributed by atoms with Crippen molar-refractivity contribution in [2.75, 3.05) is 54.2 Å². The van der Waals surface area contributed by atoms with Gasteiger partial charge in [0.2, 0.25) is 0 Å². The lowest BCUT2D eigenvalue weighted by atomic mass is 9.92. The van der Waals surface area contributed by atoms with E-state index in [0.29, 0.717) is 0 Å². The molecule has 6 heteroatoms. The Morgan fingerprint density at radius 2 is 1.14 bits per heavy atom. The fourth-order valence-electron chi connectivity index (χ4n) is 3.90. The van der Waals surface area contributed by atoms with Crippen LogP contribution in [0.3, 0.4) is 0 Å². The number of nitrogens with zero attached hydrogens (tertiary/aromatic N) is 1. The first-order valence-electron chi connectivity index (χ1n) is 11.2. The summed E-state index contributed by atoms with van der Waals surface area (Å²) in [6.45, 7) is 5.32. The topological polar surface area (TPSA) is 71.4 Å². The number of unbranched alkanes of at least 4 members (excludes halogenated alkanes) is 5. The van der Waals surface area contributed by atoms with Gasteiger partial charge in [-0.25, -0.2) is 0 Å². The summed E-state index contributed by atoms with van der Waals surface area (Å²) in [7, 11) is 4.95. The molecule has 0 aromatic rings. The third-order valence-corrected chi connectivity index (χ3v) is 5.55. The molecule has 0 spiro atoms. The molecule has 0 rings (SSSR count). The van der Waals surface area contributed by atoms with Crippen molar-refractivity contribution in [3.63, 3.8) is 0 Å². The fourth-order valence-corrected chi connectivity index (χ4v) is 3.90. The summed E-state index contributed by atoms with van der Waals surface area (Å²) in [6.07, 6.45) is 12.1. The average molecular weight is 406 g/mol. The lowest BCUT2D eigenvalue weighted by molar-refractivity contribution is -0.380. The number of aliphatic hydroxyl groups excluding tert-OH is 2. The summed E-state index contributed by atoms with van der Waals surface area (Å²) < 4.78 is 17.0. The molecule has 28 heavy (non-hydrogen) atoms. The monoisotopic (exact) mass is 405 g/mol. The molecule has 2 N–H and O–H groups in total. The van der Waals surface area contributed by atoms with Crippen LogP contribution in [-0.4, -0.2) is 75.3 Å². The van der Waals surface area contributed by atoms with Gasteiger partial charge in [0.1, 0.15) is 0 Å². The molecular weight excluding hydrogens is 358 g/mol. The van der Waals surface area contributed by atoms with Crippen LogP contribution in [0.1, 0.15) is 77.6 Å². The maximum absolute atomic E-state index is 9.11. The molecule has 0 saturated carbocycles. The number of hydrogen-bond acceptors (Lipinski definition) is 6. The minimum absolute atomic E-state index is 0.177. The van der Waals surface area contributed by atoms with Crippen molar-refractivity contribution in [3.8, 4) is 0 Å². The Kier molecular flexibility index (Phi) is 18.6. The minimum Gasteiger partial charge on any atom is -0.396 e. The van der Waals surface area contributed by atoms with E-state index in [1.165, 1.54) is 32.1 Å². The van der Waals surface area contributed by atoms with Crippen LogP contribution in [0.25, 0.3) is 0 Å². The zero-order valence-corrected chi connectivity index (χ0v) is 19.0. The molecule has 1 unspecified atom stereocenters. The minimum atomic E-state index is -0.982. The molecule has 0 aliphatic heterocycles. The average Bonchev–Trinajstić information content (AvgIpc) is 2.73. The normalized spacial score (nSPS) is 13.4. The molecule has 0 heterocycles. The molecule has 0 bridgehead atoms. The number of methoxy groups -OCH3 is 3. The largest absolute Gasteiger partial charge is 0.396 e. The van der Waals surface area contributed by atoms with Gasteiger partial charge in [0, 0.05) is 53.6 Å². The van der Waals surface area contributed by atoms with E-state index in [0.717, 1.165) is 58.2 Å². The Morgan fingerprint density at radius 3 is 1.64 bits per heavy atom. The van der Waals surface area contributed by atoms with Crippen LogP contribution < -0.4 is 0 Å². The first-order chi connectivity index (χ1) is 13.6. The highest BCUT2D eigenvalue weighted by atomic mass is 16.9. The van der Waals surface area contributed by atoms with Gasteiger partial charge in [-0.05, 0) is 38.6 Å². The standard InChI is InChI=1S/C22H47NO5/c1-5-6-7-8-9-10-14-21(22(26-2,27-3)28-4)15-11-16-23(17-12-19-24)18-13-20-25/h21,24-25H,5-20H2,1-4H3. The molecule has 0 aliphatic carbocycles. The fraction of sp³-hybridized carbons (Fsp3) is 1.00. The van der Waals surface area contributed by atoms with Gasteiger partial charge in [-0.1, -0.05) is 45.4 Å². The molecule has 0 fully saturated rings. The maximum atomic E-state index is 9.11. The Hall–Kier alpha value is -0.240. The molecule has 6 nitrogen and oxygen atoms in total. The van der Waals surface area contributed by atoms with Gasteiger partial charge in [0.15, 0.2) is 0 Å². The second-order valence-corrected chi connectivity index (χ2v) is 7.61. The third kappa shape index (κ3) is 11.7. The van der Waals surface area contributed by atoms with E-state index in [9.17, 15) is 0 Å². The van der Waals surface area contributed by atoms with Crippen molar-refractivity contribution in [2.45, 2.75) is 83.5 Å². The first kappa shape index (κ1) is 27.8. The highest BCUT2D eigenvalue weighted by Crippen LogP contribution is 2.32. The summed E-state index contributed by atoms with van der Waals surface area (Å²) in [4.78, 5) is 2.32. The predicted molar refractivity (Wildman–Crippen MR) is 114 cm³/mol. The number of hydrogen-bond donors (Lipinski definition) is 2. The summed E-state index contributed by atoms with van der Waals surface area (Å²) in [5.41, 5.74) is 0. The Labute approximate surface area is 173 Å². The van der Waals surface area contributed by atoms with Crippen LogP contribution in [0.5, 0.6) is 0 Å². The third-order valence-electron chi connectivity index (χ3n) is 5.55. The van der Waals surface area contributed by atoms with E-state index in [2.05, 4.69) is 11.8 Å². The van der Waals surface area contributed by atoms with Crippen LogP contribution in [0.4, 0.5) is 0 Å². The van der Waals surface area contributed by atoms with Crippen molar-refractivity contribution in [1.29, 1.82) is 0 Å². The van der Waals surface area contributed by atoms with E-state index >= 15 is 0 Å². The molecule has 0 aromatic heterocycles. The molecule has 0 amide bonds. The van der Waals surface area contributed by atoms with Gasteiger partial charge in [-0.3, -0.25) is 0 Å². The van der Waals surface area contributed by atoms with Gasteiger partial charge in [0.25, 0.3) is 5.97 Å². The SMILES string of the molecule is CCCCCCCCC(CCCN(CCCO)CCCO)C(OC)(OC)OC. The quantitative estimate of drug-likeness (QED) is 0.224. The molecule has 1 atom stereocenters. The van der Waals surface area contributed by atoms with Crippen LogP contribution in [-0.2, 0) is 14.2 Å². The Balaban J connectivity index is 4.63. The van der Waals surface area contributed by atoms with E-state index in [1.807, 2.05) is 0 Å². The predicted octanol–water partition coefficient (Wildman–Crippen LogP) is 3.79. The lowest BCUT2D eigenvalue weighted by Crippen LogP contribution is -2.44. The lowest BCUT2D eigenvalue weighted by Gasteiger charge is -2.37. The van der Waals surface area contributed by atoms with Gasteiger partial charge >= 0.3 is 0 Å². The first-order valence-corrected chi connectivity index (χ1v) is 11.2. The van der Waals surface area contributed by atoms with Gasteiger partial charge in [0.05, 0.1) is 0 Å². The summed E-state index contributed by atoms with van der Waals surface area (Å²) in [5.74, 6) is -0.805. The van der Waals surface area contributed by atoms with E-state index in [1.54, 1.807) is 21.3 Å². The maximum Gasteiger partial charge on any atom is 0.285 e. The molecule has 0 aromatic carbocycles.